The minimum absolute atomic E-state index is 0.400. The van der Waals surface area contributed by atoms with Gasteiger partial charge in [-0.3, -0.25) is 9.59 Å². The first-order valence-electron chi connectivity index (χ1n) is 8.78. The Morgan fingerprint density at radius 3 is 2.37 bits per heavy atom. The lowest BCUT2D eigenvalue weighted by Gasteiger charge is -2.10. The number of methoxy groups -OCH3 is 1. The van der Waals surface area contributed by atoms with Crippen LogP contribution in [0.25, 0.3) is 17.0 Å². The van der Waals surface area contributed by atoms with Crippen molar-refractivity contribution in [3.05, 3.63) is 67.7 Å². The van der Waals surface area contributed by atoms with Crippen LogP contribution in [0.4, 0.5) is 11.4 Å². The molecule has 10 heteroatoms. The highest BCUT2D eigenvalue weighted by Gasteiger charge is 2.16. The van der Waals surface area contributed by atoms with E-state index in [9.17, 15) is 9.59 Å². The lowest BCUT2D eigenvalue weighted by Crippen LogP contribution is -2.29. The van der Waals surface area contributed by atoms with E-state index in [2.05, 4.69) is 25.7 Å². The van der Waals surface area contributed by atoms with E-state index < -0.39 is 11.8 Å². The minimum Gasteiger partial charge on any atom is -0.496 e. The Bertz CT molecular complexity index is 1150. The third kappa shape index (κ3) is 4.02. The molecule has 0 radical (unpaired) electrons. The number of nitrogens with one attached hydrogen (secondary N) is 2. The Labute approximate surface area is 170 Å². The Balaban J connectivity index is 1.41. The largest absolute Gasteiger partial charge is 0.496 e. The van der Waals surface area contributed by atoms with Crippen molar-refractivity contribution < 1.29 is 18.7 Å². The maximum atomic E-state index is 12.3. The number of carbonyl (C=O) groups excluding carboxylic acids is 2. The summed E-state index contributed by atoms with van der Waals surface area (Å²) >= 11 is 0. The zero-order chi connectivity index (χ0) is 20.9. The average molecular weight is 404 g/mol. The molecule has 0 aliphatic rings. The fourth-order valence-electron chi connectivity index (χ4n) is 2.74. The van der Waals surface area contributed by atoms with Crippen LogP contribution >= 0.6 is 0 Å². The van der Waals surface area contributed by atoms with Gasteiger partial charge in [-0.25, -0.2) is 14.6 Å². The summed E-state index contributed by atoms with van der Waals surface area (Å²) in [4.78, 5) is 32.3. The summed E-state index contributed by atoms with van der Waals surface area (Å²) in [5.74, 6) is -0.628. The zero-order valence-corrected chi connectivity index (χ0v) is 15.8. The van der Waals surface area contributed by atoms with E-state index in [-0.39, 0.29) is 0 Å². The van der Waals surface area contributed by atoms with E-state index >= 15 is 0 Å². The Kier molecular flexibility index (Phi) is 5.20. The molecule has 0 aliphatic carbocycles. The molecule has 0 saturated carbocycles. The Morgan fingerprint density at radius 1 is 1.00 bits per heavy atom. The van der Waals surface area contributed by atoms with Crippen molar-refractivity contribution in [2.75, 3.05) is 17.7 Å². The van der Waals surface area contributed by atoms with E-state index in [1.165, 1.54) is 19.8 Å². The van der Waals surface area contributed by atoms with Gasteiger partial charge in [0, 0.05) is 17.4 Å². The number of rotatable bonds is 5. The number of ether oxygens (including phenoxy) is 1. The zero-order valence-electron chi connectivity index (χ0n) is 15.8. The first-order chi connectivity index (χ1) is 14.6. The van der Waals surface area contributed by atoms with Crippen molar-refractivity contribution in [3.8, 4) is 22.8 Å². The summed E-state index contributed by atoms with van der Waals surface area (Å²) < 4.78 is 12.2. The maximum Gasteiger partial charge on any atom is 0.314 e. The number of nitrogens with zero attached hydrogens (tertiary/aromatic N) is 4. The van der Waals surface area contributed by atoms with Gasteiger partial charge in [0.2, 0.25) is 0 Å². The Hall–Kier alpha value is -4.47. The van der Waals surface area contributed by atoms with Crippen LogP contribution in [0.2, 0.25) is 0 Å². The summed E-state index contributed by atoms with van der Waals surface area (Å²) in [6, 6.07) is 11.8. The number of hydrogen-bond acceptors (Lipinski definition) is 7. The van der Waals surface area contributed by atoms with E-state index in [0.29, 0.717) is 28.4 Å². The third-order valence-corrected chi connectivity index (χ3v) is 4.17. The normalized spacial score (nSPS) is 10.4. The molecule has 150 valence electrons. The van der Waals surface area contributed by atoms with E-state index in [1.54, 1.807) is 59.7 Å². The second kappa shape index (κ2) is 8.27. The van der Waals surface area contributed by atoms with Crippen molar-refractivity contribution in [2.24, 2.45) is 0 Å². The van der Waals surface area contributed by atoms with Crippen LogP contribution in [0.1, 0.15) is 0 Å². The quantitative estimate of drug-likeness (QED) is 0.490. The third-order valence-electron chi connectivity index (χ3n) is 4.17. The molecule has 4 aromatic rings. The first kappa shape index (κ1) is 18.9. The molecular formula is C20H16N6O4. The molecule has 10 nitrogen and oxygen atoms in total. The van der Waals surface area contributed by atoms with E-state index in [0.717, 1.165) is 5.69 Å². The number of amides is 2. The molecule has 0 atom stereocenters. The van der Waals surface area contributed by atoms with Crippen molar-refractivity contribution >= 4 is 23.2 Å². The SMILES string of the molecule is COc1cc(NC(=O)C(=O)Nc2ccc(-n3cncn3)cc2)ccc1-c1cnco1. The van der Waals surface area contributed by atoms with Gasteiger partial charge < -0.3 is 19.8 Å². The summed E-state index contributed by atoms with van der Waals surface area (Å²) in [5.41, 5.74) is 2.31. The number of benzene rings is 2. The van der Waals surface area contributed by atoms with Crippen LogP contribution in [0.15, 0.2) is 72.1 Å². The maximum absolute atomic E-state index is 12.3. The molecular weight excluding hydrogens is 388 g/mol. The smallest absolute Gasteiger partial charge is 0.314 e. The fourth-order valence-corrected chi connectivity index (χ4v) is 2.74. The van der Waals surface area contributed by atoms with Crippen molar-refractivity contribution in [2.45, 2.75) is 0 Å². The van der Waals surface area contributed by atoms with E-state index in [1.807, 2.05) is 0 Å². The van der Waals surface area contributed by atoms with Gasteiger partial charge in [-0.2, -0.15) is 5.10 Å². The molecule has 0 spiro atoms. The topological polar surface area (TPSA) is 124 Å². The van der Waals surface area contributed by atoms with Gasteiger partial charge in [0.05, 0.1) is 24.6 Å². The predicted octanol–water partition coefficient (Wildman–Crippen LogP) is 2.51. The second-order valence-corrected chi connectivity index (χ2v) is 6.08. The van der Waals surface area contributed by atoms with Gasteiger partial charge >= 0.3 is 11.8 Å². The van der Waals surface area contributed by atoms with Crippen LogP contribution < -0.4 is 15.4 Å². The van der Waals surface area contributed by atoms with Gasteiger partial charge in [-0.1, -0.05) is 0 Å². The fraction of sp³-hybridized carbons (Fsp3) is 0.0500. The summed E-state index contributed by atoms with van der Waals surface area (Å²) in [6.07, 6.45) is 5.85. The molecule has 0 bridgehead atoms. The van der Waals surface area contributed by atoms with Gasteiger partial charge in [0.1, 0.15) is 18.4 Å². The number of anilines is 2. The molecule has 2 aromatic carbocycles. The van der Waals surface area contributed by atoms with Gasteiger partial charge in [-0.05, 0) is 36.4 Å². The molecule has 2 amide bonds. The first-order valence-corrected chi connectivity index (χ1v) is 8.78. The molecule has 4 rings (SSSR count). The molecule has 2 aromatic heterocycles. The molecule has 0 saturated heterocycles. The minimum atomic E-state index is -0.815. The monoisotopic (exact) mass is 404 g/mol. The molecule has 30 heavy (non-hydrogen) atoms. The molecule has 0 fully saturated rings. The summed E-state index contributed by atoms with van der Waals surface area (Å²) in [7, 11) is 1.50. The van der Waals surface area contributed by atoms with Crippen LogP contribution in [0.5, 0.6) is 5.75 Å². The summed E-state index contributed by atoms with van der Waals surface area (Å²) in [6.45, 7) is 0. The second-order valence-electron chi connectivity index (χ2n) is 6.08. The predicted molar refractivity (Wildman–Crippen MR) is 107 cm³/mol. The number of aromatic nitrogens is 4. The molecule has 2 N–H and O–H groups in total. The highest BCUT2D eigenvalue weighted by molar-refractivity contribution is 6.43. The molecule has 2 heterocycles. The van der Waals surface area contributed by atoms with Gasteiger partial charge in [0.25, 0.3) is 0 Å². The molecule has 0 aliphatic heterocycles. The number of oxazole rings is 1. The summed E-state index contributed by atoms with van der Waals surface area (Å²) in [5, 5.41) is 9.11. The van der Waals surface area contributed by atoms with Crippen LogP contribution in [-0.4, -0.2) is 38.7 Å². The van der Waals surface area contributed by atoms with Crippen molar-refractivity contribution in [3.63, 3.8) is 0 Å². The standard InChI is InChI=1S/C20H16N6O4/c1-29-17-8-14(4-7-16(17)18-9-21-12-30-18)25-20(28)19(27)24-13-2-5-15(6-3-13)26-11-22-10-23-26/h2-12H,1H3,(H,24,27)(H,25,28). The molecule has 0 unspecified atom stereocenters. The van der Waals surface area contributed by atoms with Crippen LogP contribution in [0, 0.1) is 0 Å². The van der Waals surface area contributed by atoms with Crippen LogP contribution in [0.3, 0.4) is 0 Å². The van der Waals surface area contributed by atoms with Gasteiger partial charge in [0.15, 0.2) is 12.2 Å². The van der Waals surface area contributed by atoms with Gasteiger partial charge in [-0.15, -0.1) is 0 Å². The highest BCUT2D eigenvalue weighted by Crippen LogP contribution is 2.32. The number of carbonyl (C=O) groups is 2. The van der Waals surface area contributed by atoms with Crippen molar-refractivity contribution in [1.29, 1.82) is 0 Å². The Morgan fingerprint density at radius 2 is 1.73 bits per heavy atom. The highest BCUT2D eigenvalue weighted by atomic mass is 16.5. The lowest BCUT2D eigenvalue weighted by atomic mass is 10.1. The average Bonchev–Trinajstić information content (AvgIpc) is 3.48. The lowest BCUT2D eigenvalue weighted by molar-refractivity contribution is -0.132. The van der Waals surface area contributed by atoms with Crippen molar-refractivity contribution in [1.82, 2.24) is 19.7 Å². The van der Waals surface area contributed by atoms with Crippen LogP contribution in [-0.2, 0) is 9.59 Å². The number of hydrogen-bond donors (Lipinski definition) is 2. The van der Waals surface area contributed by atoms with E-state index in [4.69, 9.17) is 9.15 Å².